The van der Waals surface area contributed by atoms with Crippen LogP contribution in [0.4, 0.5) is 0 Å². The molecule has 2 heterocycles. The molecule has 20 heavy (non-hydrogen) atoms. The van der Waals surface area contributed by atoms with Crippen LogP contribution in [0.15, 0.2) is 28.7 Å². The van der Waals surface area contributed by atoms with Gasteiger partial charge in [-0.2, -0.15) is 10.2 Å². The van der Waals surface area contributed by atoms with Crippen LogP contribution in [0, 0.1) is 5.41 Å². The van der Waals surface area contributed by atoms with E-state index in [0.29, 0.717) is 5.41 Å². The molecule has 0 radical (unpaired) electrons. The average molecular weight is 334 g/mol. The Morgan fingerprint density at radius 1 is 1.15 bits per heavy atom. The molecule has 2 aromatic rings. The van der Waals surface area contributed by atoms with Crippen molar-refractivity contribution in [2.24, 2.45) is 5.41 Å². The van der Waals surface area contributed by atoms with Crippen molar-refractivity contribution in [3.05, 3.63) is 34.4 Å². The summed E-state index contributed by atoms with van der Waals surface area (Å²) in [7, 11) is 0. The number of piperidine rings is 1. The highest BCUT2D eigenvalue weighted by atomic mass is 79.9. The van der Waals surface area contributed by atoms with E-state index in [1.165, 1.54) is 12.8 Å². The normalized spacial score (nSPS) is 19.4. The second-order valence-corrected chi connectivity index (χ2v) is 7.39. The number of benzene rings is 1. The summed E-state index contributed by atoms with van der Waals surface area (Å²) in [4.78, 5) is 2.49. The van der Waals surface area contributed by atoms with Crippen molar-refractivity contribution < 1.29 is 0 Å². The lowest BCUT2D eigenvalue weighted by molar-refractivity contribution is 0.125. The van der Waals surface area contributed by atoms with Gasteiger partial charge in [0.2, 0.25) is 0 Å². The summed E-state index contributed by atoms with van der Waals surface area (Å²) in [6.07, 6.45) is 2.53. The highest BCUT2D eigenvalue weighted by molar-refractivity contribution is 9.10. The number of nitrogens with zero attached hydrogens (tertiary/aromatic N) is 3. The first kappa shape index (κ1) is 14.0. The van der Waals surface area contributed by atoms with E-state index in [1.807, 2.05) is 12.1 Å². The van der Waals surface area contributed by atoms with Gasteiger partial charge in [-0.1, -0.05) is 29.8 Å². The first-order valence-electron chi connectivity index (χ1n) is 7.16. The number of rotatable bonds is 2. The summed E-state index contributed by atoms with van der Waals surface area (Å²) in [6.45, 7) is 7.94. The minimum absolute atomic E-state index is 0.496. The van der Waals surface area contributed by atoms with E-state index in [0.717, 1.165) is 40.7 Å². The van der Waals surface area contributed by atoms with Crippen LogP contribution >= 0.6 is 15.9 Å². The van der Waals surface area contributed by atoms with Crippen LogP contribution in [0.5, 0.6) is 0 Å². The standard InChI is InChI=1S/C16H20BrN3/c1-16(2)5-7-20(8-6-16)11-14-10-12-9-13(17)3-4-15(12)19-18-14/h3-4,9-10H,5-8,11H2,1-2H3. The molecule has 0 atom stereocenters. The molecule has 3 rings (SSSR count). The molecule has 0 saturated carbocycles. The average Bonchev–Trinajstić information content (AvgIpc) is 2.41. The maximum Gasteiger partial charge on any atom is 0.0930 e. The third-order valence-electron chi connectivity index (χ3n) is 4.19. The molecule has 0 N–H and O–H groups in total. The van der Waals surface area contributed by atoms with Crippen LogP contribution < -0.4 is 0 Å². The van der Waals surface area contributed by atoms with Crippen molar-refractivity contribution >= 4 is 26.8 Å². The molecule has 0 unspecified atom stereocenters. The van der Waals surface area contributed by atoms with Gasteiger partial charge >= 0.3 is 0 Å². The second kappa shape index (κ2) is 5.41. The molecule has 0 aliphatic carbocycles. The van der Waals surface area contributed by atoms with Crippen molar-refractivity contribution in [1.82, 2.24) is 15.1 Å². The van der Waals surface area contributed by atoms with E-state index in [-0.39, 0.29) is 0 Å². The molecule has 0 spiro atoms. The SMILES string of the molecule is CC1(C)CCN(Cc2cc3cc(Br)ccc3nn2)CC1. The van der Waals surface area contributed by atoms with E-state index >= 15 is 0 Å². The lowest BCUT2D eigenvalue weighted by Gasteiger charge is -2.36. The highest BCUT2D eigenvalue weighted by Gasteiger charge is 2.25. The molecule has 1 aromatic heterocycles. The number of fused-ring (bicyclic) bond motifs is 1. The minimum Gasteiger partial charge on any atom is -0.297 e. The third-order valence-corrected chi connectivity index (χ3v) is 4.69. The highest BCUT2D eigenvalue weighted by Crippen LogP contribution is 2.30. The molecule has 3 nitrogen and oxygen atoms in total. The number of aromatic nitrogens is 2. The van der Waals surface area contributed by atoms with Gasteiger partial charge in [0.25, 0.3) is 0 Å². The topological polar surface area (TPSA) is 29.0 Å². The van der Waals surface area contributed by atoms with Crippen LogP contribution in [0.25, 0.3) is 10.9 Å². The van der Waals surface area contributed by atoms with E-state index in [9.17, 15) is 0 Å². The maximum atomic E-state index is 4.36. The summed E-state index contributed by atoms with van der Waals surface area (Å²) >= 11 is 3.51. The Balaban J connectivity index is 1.75. The summed E-state index contributed by atoms with van der Waals surface area (Å²) in [5.41, 5.74) is 2.52. The zero-order chi connectivity index (χ0) is 14.2. The largest absolute Gasteiger partial charge is 0.297 e. The fourth-order valence-corrected chi connectivity index (χ4v) is 3.06. The van der Waals surface area contributed by atoms with Crippen LogP contribution in [-0.4, -0.2) is 28.2 Å². The monoisotopic (exact) mass is 333 g/mol. The minimum atomic E-state index is 0.496. The molecule has 1 aromatic carbocycles. The molecule has 0 bridgehead atoms. The molecule has 4 heteroatoms. The summed E-state index contributed by atoms with van der Waals surface area (Å²) in [5.74, 6) is 0. The molecule has 1 aliphatic rings. The Morgan fingerprint density at radius 2 is 1.90 bits per heavy atom. The van der Waals surface area contributed by atoms with Gasteiger partial charge in [-0.3, -0.25) is 4.90 Å². The fourth-order valence-electron chi connectivity index (χ4n) is 2.68. The first-order chi connectivity index (χ1) is 9.52. The molecule has 1 fully saturated rings. The number of hydrogen-bond acceptors (Lipinski definition) is 3. The molecule has 1 saturated heterocycles. The van der Waals surface area contributed by atoms with Gasteiger partial charge in [-0.05, 0) is 55.6 Å². The summed E-state index contributed by atoms with van der Waals surface area (Å²) in [6, 6.07) is 8.27. The van der Waals surface area contributed by atoms with Gasteiger partial charge in [0.15, 0.2) is 0 Å². The quantitative estimate of drug-likeness (QED) is 0.831. The molecule has 106 valence electrons. The van der Waals surface area contributed by atoms with Crippen LogP contribution in [0.1, 0.15) is 32.4 Å². The lowest BCUT2D eigenvalue weighted by atomic mass is 9.83. The van der Waals surface area contributed by atoms with Gasteiger partial charge in [0.05, 0.1) is 11.2 Å². The van der Waals surface area contributed by atoms with Gasteiger partial charge in [0, 0.05) is 16.4 Å². The van der Waals surface area contributed by atoms with Crippen LogP contribution in [-0.2, 0) is 6.54 Å². The summed E-state index contributed by atoms with van der Waals surface area (Å²) in [5, 5.41) is 9.83. The van der Waals surface area contributed by atoms with Crippen LogP contribution in [0.3, 0.4) is 0 Å². The van der Waals surface area contributed by atoms with Crippen molar-refractivity contribution in [2.45, 2.75) is 33.2 Å². The Bertz CT molecular complexity index is 614. The fraction of sp³-hybridized carbons (Fsp3) is 0.500. The number of likely N-dealkylation sites (tertiary alicyclic amines) is 1. The molecular formula is C16H20BrN3. The van der Waals surface area contributed by atoms with E-state index in [1.54, 1.807) is 0 Å². The predicted octanol–water partition coefficient (Wildman–Crippen LogP) is 4.01. The van der Waals surface area contributed by atoms with E-state index < -0.39 is 0 Å². The molecular weight excluding hydrogens is 314 g/mol. The van der Waals surface area contributed by atoms with Crippen molar-refractivity contribution in [1.29, 1.82) is 0 Å². The third kappa shape index (κ3) is 3.18. The zero-order valence-electron chi connectivity index (χ0n) is 12.1. The number of halogens is 1. The van der Waals surface area contributed by atoms with Crippen molar-refractivity contribution in [3.8, 4) is 0 Å². The predicted molar refractivity (Wildman–Crippen MR) is 85.5 cm³/mol. The van der Waals surface area contributed by atoms with Crippen LogP contribution in [0.2, 0.25) is 0 Å². The van der Waals surface area contributed by atoms with Gasteiger partial charge in [-0.25, -0.2) is 0 Å². The smallest absolute Gasteiger partial charge is 0.0930 e. The maximum absolute atomic E-state index is 4.36. The second-order valence-electron chi connectivity index (χ2n) is 6.48. The van der Waals surface area contributed by atoms with Crippen molar-refractivity contribution in [2.75, 3.05) is 13.1 Å². The van der Waals surface area contributed by atoms with E-state index in [2.05, 4.69) is 57.0 Å². The first-order valence-corrected chi connectivity index (χ1v) is 7.95. The van der Waals surface area contributed by atoms with Crippen molar-refractivity contribution in [3.63, 3.8) is 0 Å². The Labute approximate surface area is 128 Å². The van der Waals surface area contributed by atoms with Gasteiger partial charge in [-0.15, -0.1) is 0 Å². The van der Waals surface area contributed by atoms with Gasteiger partial charge < -0.3 is 0 Å². The lowest BCUT2D eigenvalue weighted by Crippen LogP contribution is -2.37. The Hall–Kier alpha value is -1.00. The molecule has 1 aliphatic heterocycles. The number of hydrogen-bond donors (Lipinski definition) is 0. The van der Waals surface area contributed by atoms with Gasteiger partial charge in [0.1, 0.15) is 0 Å². The molecule has 0 amide bonds. The zero-order valence-corrected chi connectivity index (χ0v) is 13.7. The summed E-state index contributed by atoms with van der Waals surface area (Å²) < 4.78 is 1.09. The Morgan fingerprint density at radius 3 is 2.65 bits per heavy atom. The van der Waals surface area contributed by atoms with E-state index in [4.69, 9.17) is 0 Å². The Kier molecular flexibility index (Phi) is 3.78.